The average Bonchev–Trinajstić information content (AvgIpc) is 4.06. The molecule has 3 aliphatic rings. The molecule has 56 heavy (non-hydrogen) atoms. The van der Waals surface area contributed by atoms with Gasteiger partial charge < -0.3 is 29.7 Å². The van der Waals surface area contributed by atoms with Gasteiger partial charge in [-0.15, -0.1) is 0 Å². The number of methoxy groups -OCH3 is 1. The molecule has 302 valence electrons. The first-order chi connectivity index (χ1) is 26.2. The number of sulfonamides is 1. The lowest BCUT2D eigenvalue weighted by molar-refractivity contribution is -0.143. The van der Waals surface area contributed by atoms with Gasteiger partial charge in [0.15, 0.2) is 0 Å². The number of nitrogens with one attached hydrogen (secondary N) is 3. The molecule has 3 fully saturated rings. The van der Waals surface area contributed by atoms with E-state index in [1.54, 1.807) is 60.8 Å². The minimum Gasteiger partial charge on any atom is -0.497 e. The van der Waals surface area contributed by atoms with Crippen molar-refractivity contribution in [1.29, 1.82) is 0 Å². The Morgan fingerprint density at radius 2 is 1.70 bits per heavy atom. The van der Waals surface area contributed by atoms with Crippen molar-refractivity contribution in [1.82, 2.24) is 25.2 Å². The van der Waals surface area contributed by atoms with E-state index in [2.05, 4.69) is 15.4 Å². The predicted octanol–water partition coefficient (Wildman–Crippen LogP) is 5.09. The molecule has 0 bridgehead atoms. The molecule has 3 aromatic rings. The van der Waals surface area contributed by atoms with Crippen LogP contribution in [0.5, 0.6) is 11.5 Å². The summed E-state index contributed by atoms with van der Waals surface area (Å²) in [6, 6.07) is 14.6. The summed E-state index contributed by atoms with van der Waals surface area (Å²) >= 11 is 0. The Hall–Kier alpha value is -4.92. The number of amides is 4. The molecular weight excluding hydrogens is 739 g/mol. The lowest BCUT2D eigenvalue weighted by Gasteiger charge is -2.36. The summed E-state index contributed by atoms with van der Waals surface area (Å²) in [7, 11) is -2.31. The van der Waals surface area contributed by atoms with Crippen molar-refractivity contribution in [3.63, 3.8) is 0 Å². The van der Waals surface area contributed by atoms with Crippen LogP contribution in [-0.2, 0) is 29.1 Å². The number of likely N-dealkylation sites (tertiary alicyclic amines) is 1. The molecule has 1 saturated heterocycles. The Labute approximate surface area is 328 Å². The maximum atomic E-state index is 14.7. The van der Waals surface area contributed by atoms with Gasteiger partial charge in [0.05, 0.1) is 30.1 Å². The molecule has 1 aromatic heterocycles. The summed E-state index contributed by atoms with van der Waals surface area (Å²) in [4.78, 5) is 62.1. The zero-order valence-electron chi connectivity index (χ0n) is 33.3. The quantitative estimate of drug-likeness (QED) is 0.224. The van der Waals surface area contributed by atoms with Gasteiger partial charge in [-0.3, -0.25) is 19.1 Å². The van der Waals surface area contributed by atoms with Crippen molar-refractivity contribution >= 4 is 44.7 Å². The fourth-order valence-corrected chi connectivity index (χ4v) is 8.61. The summed E-state index contributed by atoms with van der Waals surface area (Å²) < 4.78 is 45.5. The van der Waals surface area contributed by atoms with Crippen LogP contribution in [0.3, 0.4) is 0 Å². The van der Waals surface area contributed by atoms with Gasteiger partial charge in [0.1, 0.15) is 40.8 Å². The van der Waals surface area contributed by atoms with Crippen LogP contribution in [0.15, 0.2) is 54.6 Å². The van der Waals surface area contributed by atoms with Crippen LogP contribution >= 0.6 is 0 Å². The second-order valence-electron chi connectivity index (χ2n) is 17.1. The number of aromatic nitrogens is 1. The van der Waals surface area contributed by atoms with Crippen LogP contribution < -0.4 is 24.8 Å². The van der Waals surface area contributed by atoms with E-state index in [9.17, 15) is 27.6 Å². The average molecular weight is 792 g/mol. The highest BCUT2D eigenvalue weighted by atomic mass is 32.2. The summed E-state index contributed by atoms with van der Waals surface area (Å²) in [5.41, 5.74) is -0.993. The minimum atomic E-state index is -3.88. The van der Waals surface area contributed by atoms with Gasteiger partial charge in [-0.25, -0.2) is 18.2 Å². The van der Waals surface area contributed by atoms with E-state index in [0.717, 1.165) is 5.56 Å². The van der Waals surface area contributed by atoms with E-state index in [-0.39, 0.29) is 25.3 Å². The standard InChI is InChI=1S/C41H53N5O9S/c1-9-25-22-41(25,37(49)45-56(51,52)28-16-17-28)44-35(47)32-20-27(23-46(32)36(48)34(39(2,3)4)43-38(50)55-40(5,6)7)54-33-21-30(24-13-11-10-12-14-24)42-31-19-26(53-8)15-18-29(31)33/h10-15,18-19,21,25,27-28,32,34H,9,16-17,20,22-23H2,1-8H3,(H,43,50)(H,44,47)(H,45,49)/t25-,27+,32-,34+,41-/m0/s1. The number of rotatable bonds is 12. The zero-order valence-corrected chi connectivity index (χ0v) is 34.1. The van der Waals surface area contributed by atoms with Gasteiger partial charge in [0.25, 0.3) is 5.91 Å². The number of nitrogens with zero attached hydrogens (tertiary/aromatic N) is 2. The Balaban J connectivity index is 1.34. The van der Waals surface area contributed by atoms with Crippen molar-refractivity contribution in [2.45, 2.75) is 115 Å². The van der Waals surface area contributed by atoms with E-state index in [4.69, 9.17) is 19.2 Å². The highest BCUT2D eigenvalue weighted by Crippen LogP contribution is 2.47. The summed E-state index contributed by atoms with van der Waals surface area (Å²) in [5, 5.41) is 5.68. The molecule has 2 aromatic carbocycles. The molecule has 0 spiro atoms. The fraction of sp³-hybridized carbons (Fsp3) is 0.537. The van der Waals surface area contributed by atoms with Crippen LogP contribution in [0.2, 0.25) is 0 Å². The third-order valence-corrected chi connectivity index (χ3v) is 12.3. The molecule has 0 unspecified atom stereocenters. The zero-order chi connectivity index (χ0) is 40.8. The Morgan fingerprint density at radius 1 is 1.00 bits per heavy atom. The van der Waals surface area contributed by atoms with Crippen LogP contribution in [-0.4, -0.2) is 90.3 Å². The SMILES string of the molecule is CC[C@H]1C[C@@]1(NC(=O)[C@@H]1C[C@@H](Oc2cc(-c3ccccc3)nc3cc(OC)ccc23)CN1C(=O)[C@@H](NC(=O)OC(C)(C)C)C(C)(C)C)C(=O)NS(=O)(=O)C1CC1. The molecule has 2 aliphatic carbocycles. The van der Waals surface area contributed by atoms with Crippen LogP contribution in [0.25, 0.3) is 22.2 Å². The van der Waals surface area contributed by atoms with Gasteiger partial charge in [-0.1, -0.05) is 64.4 Å². The third-order valence-electron chi connectivity index (χ3n) is 10.5. The number of benzene rings is 2. The number of pyridine rings is 1. The number of hydrogen-bond donors (Lipinski definition) is 3. The van der Waals surface area contributed by atoms with Crippen molar-refractivity contribution in [3.05, 3.63) is 54.6 Å². The number of fused-ring (bicyclic) bond motifs is 1. The number of hydrogen-bond acceptors (Lipinski definition) is 10. The van der Waals surface area contributed by atoms with E-state index < -0.39 is 73.8 Å². The molecule has 2 heterocycles. The molecule has 2 saturated carbocycles. The van der Waals surface area contributed by atoms with Crippen molar-refractivity contribution < 1.29 is 41.8 Å². The number of carbonyl (C=O) groups is 4. The summed E-state index contributed by atoms with van der Waals surface area (Å²) in [6.45, 7) is 12.4. The predicted molar refractivity (Wildman–Crippen MR) is 210 cm³/mol. The molecule has 14 nitrogen and oxygen atoms in total. The lowest BCUT2D eigenvalue weighted by Crippen LogP contribution is -2.60. The van der Waals surface area contributed by atoms with Crippen molar-refractivity contribution in [2.75, 3.05) is 13.7 Å². The summed E-state index contributed by atoms with van der Waals surface area (Å²) in [6.07, 6.45) is 0.249. The molecule has 3 N–H and O–H groups in total. The molecule has 15 heteroatoms. The monoisotopic (exact) mass is 791 g/mol. The Morgan fingerprint density at radius 3 is 2.29 bits per heavy atom. The first-order valence-electron chi connectivity index (χ1n) is 19.1. The van der Waals surface area contributed by atoms with Gasteiger partial charge >= 0.3 is 6.09 Å². The van der Waals surface area contributed by atoms with E-state index in [1.807, 2.05) is 49.4 Å². The van der Waals surface area contributed by atoms with Crippen molar-refractivity contribution in [2.24, 2.45) is 11.3 Å². The second-order valence-corrected chi connectivity index (χ2v) is 19.1. The van der Waals surface area contributed by atoms with Gasteiger partial charge in [0.2, 0.25) is 21.8 Å². The lowest BCUT2D eigenvalue weighted by atomic mass is 9.85. The first-order valence-corrected chi connectivity index (χ1v) is 20.7. The van der Waals surface area contributed by atoms with Crippen LogP contribution in [0.4, 0.5) is 4.79 Å². The fourth-order valence-electron chi connectivity index (χ4n) is 7.25. The largest absolute Gasteiger partial charge is 0.497 e. The molecule has 5 atom stereocenters. The third kappa shape index (κ3) is 8.87. The Bertz CT molecular complexity index is 2110. The maximum absolute atomic E-state index is 14.7. The molecule has 4 amide bonds. The van der Waals surface area contributed by atoms with E-state index >= 15 is 0 Å². The smallest absolute Gasteiger partial charge is 0.408 e. The number of alkyl carbamates (subject to hydrolysis) is 1. The van der Waals surface area contributed by atoms with Gasteiger partial charge in [-0.2, -0.15) is 0 Å². The topological polar surface area (TPSA) is 182 Å². The Kier molecular flexibility index (Phi) is 11.1. The molecular formula is C41H53N5O9S. The maximum Gasteiger partial charge on any atom is 0.408 e. The van der Waals surface area contributed by atoms with Gasteiger partial charge in [0, 0.05) is 29.5 Å². The van der Waals surface area contributed by atoms with Crippen molar-refractivity contribution in [3.8, 4) is 22.8 Å². The minimum absolute atomic E-state index is 0.0351. The molecule has 6 rings (SSSR count). The number of carbonyl (C=O) groups excluding carboxylic acids is 4. The highest BCUT2D eigenvalue weighted by molar-refractivity contribution is 7.91. The second kappa shape index (κ2) is 15.2. The number of ether oxygens (including phenoxy) is 3. The molecule has 1 aliphatic heterocycles. The van der Waals surface area contributed by atoms with Crippen LogP contribution in [0, 0.1) is 11.3 Å². The van der Waals surface area contributed by atoms with E-state index in [0.29, 0.717) is 47.4 Å². The first kappa shape index (κ1) is 40.7. The van der Waals surface area contributed by atoms with E-state index in [1.165, 1.54) is 4.90 Å². The van der Waals surface area contributed by atoms with Gasteiger partial charge in [-0.05, 0) is 63.5 Å². The normalized spacial score (nSPS) is 22.9. The highest BCUT2D eigenvalue weighted by Gasteiger charge is 2.62. The van der Waals surface area contributed by atoms with Crippen LogP contribution in [0.1, 0.15) is 80.6 Å². The summed E-state index contributed by atoms with van der Waals surface area (Å²) in [5.74, 6) is -1.16. The molecule has 0 radical (unpaired) electrons.